The molecular weight excluding hydrogens is 462 g/mol. The average molecular weight is 496 g/mol. The summed E-state index contributed by atoms with van der Waals surface area (Å²) >= 11 is 6.05. The number of rotatable bonds is 8. The summed E-state index contributed by atoms with van der Waals surface area (Å²) in [7, 11) is -1.30. The van der Waals surface area contributed by atoms with Gasteiger partial charge < -0.3 is 4.74 Å². The van der Waals surface area contributed by atoms with E-state index in [-0.39, 0.29) is 24.1 Å². The van der Waals surface area contributed by atoms with Crippen molar-refractivity contribution in [2.75, 3.05) is 0 Å². The number of hydrogen-bond acceptors (Lipinski definition) is 5. The Balaban J connectivity index is 2.20. The van der Waals surface area contributed by atoms with Crippen LogP contribution >= 0.6 is 11.6 Å². The highest BCUT2D eigenvalue weighted by atomic mass is 35.5. The molecule has 33 heavy (non-hydrogen) atoms. The van der Waals surface area contributed by atoms with Crippen LogP contribution in [0.2, 0.25) is 5.02 Å². The highest BCUT2D eigenvalue weighted by molar-refractivity contribution is 7.84. The standard InChI is InChI=1S/C24H34ClN3O4S/c1-16(22(27-33(31)24(5,6)7)17-8-10-18(25)11-9-17)12-19-13-20(29)28(15-26-19)14-21(30)32-23(2,3)4/h8-11,13,15-16,22,27H,12,14H2,1-7H3/t16-,22-,33-/m0/s1. The maximum Gasteiger partial charge on any atom is 0.326 e. The Morgan fingerprint density at radius 1 is 1.18 bits per heavy atom. The van der Waals surface area contributed by atoms with E-state index in [1.807, 2.05) is 39.8 Å². The zero-order chi connectivity index (χ0) is 25.0. The van der Waals surface area contributed by atoms with E-state index in [1.165, 1.54) is 17.0 Å². The average Bonchev–Trinajstić information content (AvgIpc) is 2.66. The Kier molecular flexibility index (Phi) is 9.01. The van der Waals surface area contributed by atoms with Gasteiger partial charge in [0.2, 0.25) is 0 Å². The second-order valence-electron chi connectivity index (χ2n) is 10.1. The lowest BCUT2D eigenvalue weighted by atomic mass is 9.91. The van der Waals surface area contributed by atoms with E-state index in [0.29, 0.717) is 17.1 Å². The van der Waals surface area contributed by atoms with Gasteiger partial charge in [-0.2, -0.15) is 0 Å². The Labute approximate surface area is 203 Å². The number of carbonyl (C=O) groups is 1. The maximum absolute atomic E-state index is 12.8. The highest BCUT2D eigenvalue weighted by Gasteiger charge is 2.27. The SMILES string of the molecule is C[C@@H](Cc1cc(=O)n(CC(=O)OC(C)(C)C)cn1)[C@H](N[S@@](=O)C(C)(C)C)c1ccc(Cl)cc1. The van der Waals surface area contributed by atoms with Crippen molar-refractivity contribution in [3.63, 3.8) is 0 Å². The lowest BCUT2D eigenvalue weighted by molar-refractivity contribution is -0.155. The van der Waals surface area contributed by atoms with Crippen molar-refractivity contribution in [1.82, 2.24) is 14.3 Å². The lowest BCUT2D eigenvalue weighted by Gasteiger charge is -2.29. The van der Waals surface area contributed by atoms with Crippen molar-refractivity contribution >= 4 is 28.6 Å². The maximum atomic E-state index is 12.8. The molecule has 2 aromatic rings. The normalized spacial score (nSPS) is 15.0. The minimum atomic E-state index is -1.30. The van der Waals surface area contributed by atoms with Crippen LogP contribution in [-0.4, -0.2) is 30.1 Å². The third-order valence-corrected chi connectivity index (χ3v) is 6.61. The molecule has 0 aliphatic carbocycles. The van der Waals surface area contributed by atoms with Gasteiger partial charge in [0.05, 0.1) is 22.1 Å². The molecule has 2 rings (SSSR count). The number of hydrogen-bond donors (Lipinski definition) is 1. The summed E-state index contributed by atoms with van der Waals surface area (Å²) in [6.07, 6.45) is 1.84. The lowest BCUT2D eigenvalue weighted by Crippen LogP contribution is -2.38. The minimum Gasteiger partial charge on any atom is -0.459 e. The Bertz CT molecular complexity index is 1040. The number of ether oxygens (including phenoxy) is 1. The first kappa shape index (κ1) is 27.2. The van der Waals surface area contributed by atoms with E-state index in [2.05, 4.69) is 9.71 Å². The van der Waals surface area contributed by atoms with Crippen LogP contribution < -0.4 is 10.3 Å². The number of carbonyl (C=O) groups excluding carboxylic acids is 1. The molecule has 0 fully saturated rings. The molecule has 1 heterocycles. The fraction of sp³-hybridized carbons (Fsp3) is 0.542. The molecule has 0 unspecified atom stereocenters. The van der Waals surface area contributed by atoms with Gasteiger partial charge in [-0.25, -0.2) is 13.9 Å². The third-order valence-electron chi connectivity index (χ3n) is 4.78. The first-order valence-corrected chi connectivity index (χ1v) is 12.4. The largest absolute Gasteiger partial charge is 0.459 e. The number of halogens is 1. The second kappa shape index (κ2) is 10.9. The van der Waals surface area contributed by atoms with E-state index in [4.69, 9.17) is 16.3 Å². The smallest absolute Gasteiger partial charge is 0.326 e. The van der Waals surface area contributed by atoms with E-state index in [9.17, 15) is 13.8 Å². The number of esters is 1. The van der Waals surface area contributed by atoms with E-state index in [1.54, 1.807) is 32.9 Å². The summed E-state index contributed by atoms with van der Waals surface area (Å²) in [6, 6.07) is 8.60. The Morgan fingerprint density at radius 2 is 1.79 bits per heavy atom. The molecular formula is C24H34ClN3O4S. The van der Waals surface area contributed by atoms with Crippen molar-refractivity contribution in [3.8, 4) is 0 Å². The van der Waals surface area contributed by atoms with Crippen molar-refractivity contribution < 1.29 is 13.7 Å². The molecule has 3 atom stereocenters. The molecule has 0 saturated carbocycles. The predicted molar refractivity (Wildman–Crippen MR) is 132 cm³/mol. The van der Waals surface area contributed by atoms with Crippen molar-refractivity contribution in [3.05, 3.63) is 63.3 Å². The quantitative estimate of drug-likeness (QED) is 0.554. The van der Waals surface area contributed by atoms with Gasteiger partial charge in [0.25, 0.3) is 5.56 Å². The van der Waals surface area contributed by atoms with Crippen molar-refractivity contribution in [2.45, 2.75) is 77.8 Å². The van der Waals surface area contributed by atoms with Gasteiger partial charge in [-0.1, -0.05) is 30.7 Å². The molecule has 0 saturated heterocycles. The summed E-state index contributed by atoms with van der Waals surface area (Å²) in [5, 5.41) is 0.623. The first-order valence-electron chi connectivity index (χ1n) is 10.9. The molecule has 1 aromatic carbocycles. The predicted octanol–water partition coefficient (Wildman–Crippen LogP) is 4.21. The van der Waals surface area contributed by atoms with Gasteiger partial charge in [0.15, 0.2) is 0 Å². The first-order chi connectivity index (χ1) is 15.2. The highest BCUT2D eigenvalue weighted by Crippen LogP contribution is 2.27. The van der Waals surface area contributed by atoms with Crippen molar-refractivity contribution in [2.24, 2.45) is 5.92 Å². The molecule has 0 aliphatic heterocycles. The molecule has 0 radical (unpaired) electrons. The molecule has 182 valence electrons. The van der Waals surface area contributed by atoms with Crippen LogP contribution in [0, 0.1) is 5.92 Å². The van der Waals surface area contributed by atoms with Crippen LogP contribution in [0.4, 0.5) is 0 Å². The van der Waals surface area contributed by atoms with E-state index < -0.39 is 27.3 Å². The molecule has 0 spiro atoms. The molecule has 1 N–H and O–H groups in total. The van der Waals surface area contributed by atoms with Crippen LogP contribution in [-0.2, 0) is 33.5 Å². The Hall–Kier alpha value is -2.03. The van der Waals surface area contributed by atoms with Crippen LogP contribution in [0.1, 0.15) is 65.8 Å². The second-order valence-corrected chi connectivity index (χ2v) is 12.6. The molecule has 0 bridgehead atoms. The monoisotopic (exact) mass is 495 g/mol. The summed E-state index contributed by atoms with van der Waals surface area (Å²) in [6.45, 7) is 12.9. The van der Waals surface area contributed by atoms with E-state index in [0.717, 1.165) is 5.56 Å². The zero-order valence-electron chi connectivity index (χ0n) is 20.3. The Morgan fingerprint density at radius 3 is 2.30 bits per heavy atom. The summed E-state index contributed by atoms with van der Waals surface area (Å²) in [5.74, 6) is -0.532. The van der Waals surface area contributed by atoms with Crippen LogP contribution in [0.25, 0.3) is 0 Å². The summed E-state index contributed by atoms with van der Waals surface area (Å²) in [4.78, 5) is 29.0. The van der Waals surface area contributed by atoms with Gasteiger partial charge in [0.1, 0.15) is 12.1 Å². The van der Waals surface area contributed by atoms with Gasteiger partial charge in [-0.05, 0) is 71.6 Å². The third kappa shape index (κ3) is 8.68. The van der Waals surface area contributed by atoms with Gasteiger partial charge in [-0.15, -0.1) is 0 Å². The number of benzene rings is 1. The van der Waals surface area contributed by atoms with Crippen LogP contribution in [0.3, 0.4) is 0 Å². The molecule has 0 aliphatic rings. The molecule has 7 nitrogen and oxygen atoms in total. The van der Waals surface area contributed by atoms with Gasteiger partial charge in [-0.3, -0.25) is 14.2 Å². The number of nitrogens with one attached hydrogen (secondary N) is 1. The fourth-order valence-corrected chi connectivity index (χ4v) is 4.21. The molecule has 9 heteroatoms. The summed E-state index contributed by atoms with van der Waals surface area (Å²) < 4.78 is 22.1. The van der Waals surface area contributed by atoms with E-state index >= 15 is 0 Å². The molecule has 0 amide bonds. The minimum absolute atomic E-state index is 0.0360. The topological polar surface area (TPSA) is 90.3 Å². The summed E-state index contributed by atoms with van der Waals surface area (Å²) in [5.41, 5.74) is 0.589. The van der Waals surface area contributed by atoms with Crippen molar-refractivity contribution in [1.29, 1.82) is 0 Å². The van der Waals surface area contributed by atoms with Crippen LogP contribution in [0.15, 0.2) is 41.5 Å². The van der Waals surface area contributed by atoms with Gasteiger partial charge >= 0.3 is 5.97 Å². The molecule has 1 aromatic heterocycles. The van der Waals surface area contributed by atoms with Crippen LogP contribution in [0.5, 0.6) is 0 Å². The van der Waals surface area contributed by atoms with Gasteiger partial charge in [0, 0.05) is 22.8 Å². The zero-order valence-corrected chi connectivity index (χ0v) is 21.9. The fourth-order valence-electron chi connectivity index (χ4n) is 3.13. The number of aromatic nitrogens is 2. The number of nitrogens with zero attached hydrogens (tertiary/aromatic N) is 2.